The molecule has 2 aromatic rings. The molecule has 0 atom stereocenters. The van der Waals surface area contributed by atoms with E-state index in [0.29, 0.717) is 22.8 Å². The maximum Gasteiger partial charge on any atom is 0.337 e. The molecule has 1 aromatic carbocycles. The highest BCUT2D eigenvalue weighted by Crippen LogP contribution is 2.24. The molecule has 0 fully saturated rings. The Balaban J connectivity index is 2.13. The third kappa shape index (κ3) is 2.63. The van der Waals surface area contributed by atoms with Gasteiger partial charge in [-0.15, -0.1) is 0 Å². The standard InChI is InChI=1S/C13H13NO4/c1-16-13(15)9-4-5-11(14)12(7-9)18-8-10-3-2-6-17-10/h2-7H,8,14H2,1H3. The number of anilines is 1. The molecule has 0 aliphatic heterocycles. The summed E-state index contributed by atoms with van der Waals surface area (Å²) in [5, 5.41) is 0. The number of carbonyl (C=O) groups is 1. The van der Waals surface area contributed by atoms with E-state index in [-0.39, 0.29) is 6.61 Å². The van der Waals surface area contributed by atoms with Crippen molar-refractivity contribution >= 4 is 11.7 Å². The van der Waals surface area contributed by atoms with Crippen molar-refractivity contribution in [3.63, 3.8) is 0 Å². The van der Waals surface area contributed by atoms with Gasteiger partial charge in [0.1, 0.15) is 18.1 Å². The predicted octanol–water partition coefficient (Wildman–Crippen LogP) is 2.23. The molecule has 5 heteroatoms. The van der Waals surface area contributed by atoms with Gasteiger partial charge in [0.25, 0.3) is 0 Å². The van der Waals surface area contributed by atoms with Crippen molar-refractivity contribution in [1.82, 2.24) is 0 Å². The Kier molecular flexibility index (Phi) is 3.52. The minimum absolute atomic E-state index is 0.252. The number of furan rings is 1. The Labute approximate surface area is 104 Å². The van der Waals surface area contributed by atoms with Crippen LogP contribution in [-0.2, 0) is 11.3 Å². The van der Waals surface area contributed by atoms with E-state index in [2.05, 4.69) is 4.74 Å². The third-order valence-electron chi connectivity index (χ3n) is 2.38. The van der Waals surface area contributed by atoms with Gasteiger partial charge in [0.2, 0.25) is 0 Å². The van der Waals surface area contributed by atoms with Gasteiger partial charge < -0.3 is 19.6 Å². The maximum absolute atomic E-state index is 11.4. The molecule has 0 radical (unpaired) electrons. The lowest BCUT2D eigenvalue weighted by molar-refractivity contribution is 0.0600. The van der Waals surface area contributed by atoms with Crippen molar-refractivity contribution in [1.29, 1.82) is 0 Å². The van der Waals surface area contributed by atoms with Gasteiger partial charge in [0.05, 0.1) is 24.6 Å². The fourth-order valence-corrected chi connectivity index (χ4v) is 1.45. The quantitative estimate of drug-likeness (QED) is 0.662. The van der Waals surface area contributed by atoms with Gasteiger partial charge in [-0.25, -0.2) is 4.79 Å². The van der Waals surface area contributed by atoms with E-state index in [1.807, 2.05) is 0 Å². The van der Waals surface area contributed by atoms with E-state index in [1.54, 1.807) is 36.6 Å². The second kappa shape index (κ2) is 5.27. The fraction of sp³-hybridized carbons (Fsp3) is 0.154. The summed E-state index contributed by atoms with van der Waals surface area (Å²) in [6.07, 6.45) is 1.56. The second-order valence-electron chi connectivity index (χ2n) is 3.61. The molecule has 94 valence electrons. The predicted molar refractivity (Wildman–Crippen MR) is 65.2 cm³/mol. The topological polar surface area (TPSA) is 74.7 Å². The zero-order valence-electron chi connectivity index (χ0n) is 9.88. The van der Waals surface area contributed by atoms with Crippen molar-refractivity contribution in [2.24, 2.45) is 0 Å². The minimum atomic E-state index is -0.433. The van der Waals surface area contributed by atoms with Gasteiger partial charge in [-0.2, -0.15) is 0 Å². The summed E-state index contributed by atoms with van der Waals surface area (Å²) in [5.74, 6) is 0.671. The van der Waals surface area contributed by atoms with Crippen molar-refractivity contribution in [3.05, 3.63) is 47.9 Å². The minimum Gasteiger partial charge on any atom is -0.483 e. The van der Waals surface area contributed by atoms with Crippen molar-refractivity contribution in [3.8, 4) is 5.75 Å². The maximum atomic E-state index is 11.4. The lowest BCUT2D eigenvalue weighted by Crippen LogP contribution is -2.04. The first kappa shape index (κ1) is 12.0. The van der Waals surface area contributed by atoms with Gasteiger partial charge in [-0.3, -0.25) is 0 Å². The second-order valence-corrected chi connectivity index (χ2v) is 3.61. The number of methoxy groups -OCH3 is 1. The largest absolute Gasteiger partial charge is 0.483 e. The lowest BCUT2D eigenvalue weighted by atomic mass is 10.2. The molecule has 2 N–H and O–H groups in total. The number of esters is 1. The molecular weight excluding hydrogens is 234 g/mol. The Morgan fingerprint density at radius 3 is 2.89 bits per heavy atom. The summed E-state index contributed by atoms with van der Waals surface area (Å²) >= 11 is 0. The Bertz CT molecular complexity index is 534. The number of hydrogen-bond acceptors (Lipinski definition) is 5. The van der Waals surface area contributed by atoms with Gasteiger partial charge in [-0.05, 0) is 30.3 Å². The first-order valence-corrected chi connectivity index (χ1v) is 5.33. The third-order valence-corrected chi connectivity index (χ3v) is 2.38. The van der Waals surface area contributed by atoms with E-state index < -0.39 is 5.97 Å². The van der Waals surface area contributed by atoms with E-state index in [0.717, 1.165) is 0 Å². The Morgan fingerprint density at radius 2 is 2.22 bits per heavy atom. The normalized spacial score (nSPS) is 10.1. The first-order valence-electron chi connectivity index (χ1n) is 5.33. The summed E-state index contributed by atoms with van der Waals surface area (Å²) in [7, 11) is 1.32. The molecule has 0 unspecified atom stereocenters. The molecule has 18 heavy (non-hydrogen) atoms. The van der Waals surface area contributed by atoms with Crippen molar-refractivity contribution in [2.75, 3.05) is 12.8 Å². The highest BCUT2D eigenvalue weighted by atomic mass is 16.5. The van der Waals surface area contributed by atoms with Crippen LogP contribution in [0.3, 0.4) is 0 Å². The number of hydrogen-bond donors (Lipinski definition) is 1. The molecule has 0 saturated carbocycles. The van der Waals surface area contributed by atoms with Crippen LogP contribution in [0.4, 0.5) is 5.69 Å². The number of nitrogens with two attached hydrogens (primary N) is 1. The molecule has 2 rings (SSSR count). The van der Waals surface area contributed by atoms with Crippen molar-refractivity contribution < 1.29 is 18.7 Å². The monoisotopic (exact) mass is 247 g/mol. The number of rotatable bonds is 4. The summed E-state index contributed by atoms with van der Waals surface area (Å²) in [6, 6.07) is 8.29. The molecule has 0 saturated heterocycles. The van der Waals surface area contributed by atoms with Crippen LogP contribution < -0.4 is 10.5 Å². The highest BCUT2D eigenvalue weighted by molar-refractivity contribution is 5.90. The van der Waals surface area contributed by atoms with E-state index in [1.165, 1.54) is 7.11 Å². The molecule has 0 aliphatic rings. The summed E-state index contributed by atoms with van der Waals surface area (Å²) in [4.78, 5) is 11.4. The molecule has 0 spiro atoms. The number of carbonyl (C=O) groups excluding carboxylic acids is 1. The van der Waals surface area contributed by atoms with Crippen LogP contribution in [0.5, 0.6) is 5.75 Å². The summed E-state index contributed by atoms with van der Waals surface area (Å²) in [5.41, 5.74) is 6.61. The van der Waals surface area contributed by atoms with Gasteiger partial charge in [0, 0.05) is 0 Å². The van der Waals surface area contributed by atoms with Gasteiger partial charge in [-0.1, -0.05) is 0 Å². The van der Waals surface area contributed by atoms with Crippen LogP contribution in [0.1, 0.15) is 16.1 Å². The van der Waals surface area contributed by atoms with Crippen LogP contribution in [0.25, 0.3) is 0 Å². The molecular formula is C13H13NO4. The van der Waals surface area contributed by atoms with Crippen molar-refractivity contribution in [2.45, 2.75) is 6.61 Å². The fourth-order valence-electron chi connectivity index (χ4n) is 1.45. The smallest absolute Gasteiger partial charge is 0.337 e. The van der Waals surface area contributed by atoms with E-state index in [9.17, 15) is 4.79 Å². The van der Waals surface area contributed by atoms with Crippen LogP contribution in [0.15, 0.2) is 41.0 Å². The number of ether oxygens (including phenoxy) is 2. The van der Waals surface area contributed by atoms with Gasteiger partial charge in [0.15, 0.2) is 0 Å². The SMILES string of the molecule is COC(=O)c1ccc(N)c(OCc2ccco2)c1. The Morgan fingerprint density at radius 1 is 1.39 bits per heavy atom. The van der Waals surface area contributed by atoms with Crippen LogP contribution >= 0.6 is 0 Å². The van der Waals surface area contributed by atoms with Crippen LogP contribution in [0.2, 0.25) is 0 Å². The molecule has 1 aromatic heterocycles. The molecule has 0 aliphatic carbocycles. The molecule has 0 amide bonds. The average Bonchev–Trinajstić information content (AvgIpc) is 2.90. The summed E-state index contributed by atoms with van der Waals surface area (Å²) < 4.78 is 15.3. The number of benzene rings is 1. The van der Waals surface area contributed by atoms with Crippen LogP contribution in [-0.4, -0.2) is 13.1 Å². The average molecular weight is 247 g/mol. The zero-order valence-corrected chi connectivity index (χ0v) is 9.88. The van der Waals surface area contributed by atoms with E-state index in [4.69, 9.17) is 14.9 Å². The highest BCUT2D eigenvalue weighted by Gasteiger charge is 2.09. The first-order chi connectivity index (χ1) is 8.70. The zero-order chi connectivity index (χ0) is 13.0. The van der Waals surface area contributed by atoms with E-state index >= 15 is 0 Å². The van der Waals surface area contributed by atoms with Gasteiger partial charge >= 0.3 is 5.97 Å². The summed E-state index contributed by atoms with van der Waals surface area (Å²) in [6.45, 7) is 0.252. The Hall–Kier alpha value is -2.43. The molecule has 5 nitrogen and oxygen atoms in total. The lowest BCUT2D eigenvalue weighted by Gasteiger charge is -2.08. The van der Waals surface area contributed by atoms with Crippen LogP contribution in [0, 0.1) is 0 Å². The number of nitrogen functional groups attached to an aromatic ring is 1. The molecule has 1 heterocycles. The molecule has 0 bridgehead atoms.